The van der Waals surface area contributed by atoms with Gasteiger partial charge in [0.25, 0.3) is 5.91 Å². The summed E-state index contributed by atoms with van der Waals surface area (Å²) in [5, 5.41) is 8.33. The van der Waals surface area contributed by atoms with E-state index in [-0.39, 0.29) is 36.0 Å². The minimum absolute atomic E-state index is 0. The second kappa shape index (κ2) is 12.5. The number of guanidine groups is 1. The normalized spacial score (nSPS) is 21.0. The van der Waals surface area contributed by atoms with Gasteiger partial charge in [-0.25, -0.2) is 0 Å². The molecule has 4 rings (SSSR count). The van der Waals surface area contributed by atoms with E-state index in [2.05, 4.69) is 55.8 Å². The number of amides is 1. The van der Waals surface area contributed by atoms with E-state index in [9.17, 15) is 4.79 Å². The Morgan fingerprint density at radius 3 is 2.72 bits per heavy atom. The number of ether oxygens (including phenoxy) is 1. The van der Waals surface area contributed by atoms with Gasteiger partial charge in [-0.05, 0) is 23.4 Å². The van der Waals surface area contributed by atoms with Crippen LogP contribution >= 0.6 is 35.3 Å². The number of carbonyl (C=O) groups is 1. The number of benzene rings is 1. The molecule has 2 aromatic rings. The van der Waals surface area contributed by atoms with Gasteiger partial charge in [-0.2, -0.15) is 0 Å². The molecule has 1 aromatic heterocycles. The van der Waals surface area contributed by atoms with Crippen LogP contribution in [0.3, 0.4) is 0 Å². The molecule has 174 valence electrons. The Hall–Kier alpha value is -1.69. The molecule has 3 heterocycles. The van der Waals surface area contributed by atoms with E-state index < -0.39 is 0 Å². The number of carbonyl (C=O) groups excluding carboxylic acids is 1. The first-order chi connectivity index (χ1) is 15.2. The van der Waals surface area contributed by atoms with E-state index in [1.807, 2.05) is 24.6 Å². The molecular formula is C23H32IN5O2S. The van der Waals surface area contributed by atoms with Gasteiger partial charge in [0.2, 0.25) is 0 Å². The lowest BCUT2D eigenvalue weighted by Gasteiger charge is -2.36. The van der Waals surface area contributed by atoms with E-state index in [0.29, 0.717) is 12.6 Å². The number of nitrogens with one attached hydrogen (secondary N) is 2. The molecule has 2 saturated heterocycles. The topological polar surface area (TPSA) is 69.2 Å². The number of morpholine rings is 1. The highest BCUT2D eigenvalue weighted by atomic mass is 127. The molecule has 7 nitrogen and oxygen atoms in total. The van der Waals surface area contributed by atoms with Crippen molar-refractivity contribution in [3.63, 3.8) is 0 Å². The maximum Gasteiger partial charge on any atom is 0.261 e. The van der Waals surface area contributed by atoms with E-state index in [1.165, 1.54) is 16.9 Å². The summed E-state index contributed by atoms with van der Waals surface area (Å²) >= 11 is 1.46. The first kappa shape index (κ1) is 24.9. The molecule has 2 fully saturated rings. The Balaban J connectivity index is 0.00000289. The minimum Gasteiger partial charge on any atom is -0.373 e. The van der Waals surface area contributed by atoms with Crippen molar-refractivity contribution in [1.82, 2.24) is 20.4 Å². The number of fused-ring (bicyclic) bond motifs is 1. The minimum atomic E-state index is -0.00124. The molecule has 0 bridgehead atoms. The van der Waals surface area contributed by atoms with Crippen LogP contribution in [0.25, 0.3) is 0 Å². The molecule has 0 aliphatic carbocycles. The zero-order valence-corrected chi connectivity index (χ0v) is 21.6. The summed E-state index contributed by atoms with van der Waals surface area (Å²) in [4.78, 5) is 22.1. The number of thiophene rings is 1. The smallest absolute Gasteiger partial charge is 0.261 e. The fourth-order valence-corrected chi connectivity index (χ4v) is 4.90. The lowest BCUT2D eigenvalue weighted by Crippen LogP contribution is -2.50. The zero-order valence-electron chi connectivity index (χ0n) is 18.4. The van der Waals surface area contributed by atoms with E-state index in [1.54, 1.807) is 0 Å². The first-order valence-corrected chi connectivity index (χ1v) is 11.8. The van der Waals surface area contributed by atoms with Crippen molar-refractivity contribution in [3.8, 4) is 0 Å². The number of hydrogen-bond acceptors (Lipinski definition) is 5. The quantitative estimate of drug-likeness (QED) is 0.232. The van der Waals surface area contributed by atoms with Gasteiger partial charge in [0.1, 0.15) is 0 Å². The summed E-state index contributed by atoms with van der Waals surface area (Å²) in [5.41, 5.74) is 1.34. The van der Waals surface area contributed by atoms with Gasteiger partial charge >= 0.3 is 0 Å². The molecule has 9 heteroatoms. The van der Waals surface area contributed by atoms with Crippen molar-refractivity contribution in [2.24, 2.45) is 4.99 Å². The molecule has 0 saturated carbocycles. The summed E-state index contributed by atoms with van der Waals surface area (Å²) in [6.07, 6.45) is 1.05. The average molecular weight is 570 g/mol. The summed E-state index contributed by atoms with van der Waals surface area (Å²) in [6.45, 7) is 5.85. The zero-order chi connectivity index (χ0) is 21.5. The van der Waals surface area contributed by atoms with Crippen LogP contribution in [-0.2, 0) is 11.3 Å². The highest BCUT2D eigenvalue weighted by molar-refractivity contribution is 14.0. The predicted octanol–water partition coefficient (Wildman–Crippen LogP) is 2.65. The Labute approximate surface area is 211 Å². The lowest BCUT2D eigenvalue weighted by atomic mass is 10.1. The van der Waals surface area contributed by atoms with Crippen LogP contribution in [0.15, 0.2) is 52.8 Å². The largest absolute Gasteiger partial charge is 0.373 e. The van der Waals surface area contributed by atoms with Gasteiger partial charge in [0, 0.05) is 46.3 Å². The number of aliphatic imine (C=N–C) groups is 1. The second-order valence-corrected chi connectivity index (χ2v) is 8.85. The Kier molecular flexibility index (Phi) is 9.76. The second-order valence-electron chi connectivity index (χ2n) is 7.90. The highest BCUT2D eigenvalue weighted by Crippen LogP contribution is 2.24. The predicted molar refractivity (Wildman–Crippen MR) is 140 cm³/mol. The number of likely N-dealkylation sites (tertiary alicyclic amines) is 1. The van der Waals surface area contributed by atoms with Gasteiger partial charge < -0.3 is 20.3 Å². The van der Waals surface area contributed by atoms with Gasteiger partial charge in [-0.3, -0.25) is 14.7 Å². The van der Waals surface area contributed by atoms with E-state index >= 15 is 0 Å². The monoisotopic (exact) mass is 569 g/mol. The van der Waals surface area contributed by atoms with Gasteiger partial charge in [-0.1, -0.05) is 36.4 Å². The third-order valence-electron chi connectivity index (χ3n) is 5.82. The molecule has 2 unspecified atom stereocenters. The van der Waals surface area contributed by atoms with E-state index in [0.717, 1.165) is 56.6 Å². The molecule has 1 aromatic carbocycles. The van der Waals surface area contributed by atoms with E-state index in [4.69, 9.17) is 4.74 Å². The number of rotatable bonds is 7. The molecular weight excluding hydrogens is 537 g/mol. The third kappa shape index (κ3) is 6.43. The van der Waals surface area contributed by atoms with Crippen LogP contribution in [0.1, 0.15) is 21.7 Å². The lowest BCUT2D eigenvalue weighted by molar-refractivity contribution is -0.0502. The molecule has 2 aliphatic rings. The van der Waals surface area contributed by atoms with Gasteiger partial charge in [0.15, 0.2) is 5.96 Å². The summed E-state index contributed by atoms with van der Waals surface area (Å²) in [6, 6.07) is 14.7. The van der Waals surface area contributed by atoms with Gasteiger partial charge in [-0.15, -0.1) is 35.3 Å². The van der Waals surface area contributed by atoms with Crippen molar-refractivity contribution < 1.29 is 9.53 Å². The number of halogens is 1. The van der Waals surface area contributed by atoms with Crippen LogP contribution in [-0.4, -0.2) is 80.2 Å². The summed E-state index contributed by atoms with van der Waals surface area (Å²) in [7, 11) is 1.82. The first-order valence-electron chi connectivity index (χ1n) is 10.9. The number of hydrogen-bond donors (Lipinski definition) is 2. The molecule has 2 atom stereocenters. The van der Waals surface area contributed by atoms with Crippen molar-refractivity contribution in [1.29, 1.82) is 0 Å². The molecule has 2 aliphatic heterocycles. The fraction of sp³-hybridized carbons (Fsp3) is 0.478. The van der Waals surface area contributed by atoms with Crippen LogP contribution in [0.2, 0.25) is 0 Å². The van der Waals surface area contributed by atoms with Crippen LogP contribution in [0.5, 0.6) is 0 Å². The molecule has 0 radical (unpaired) electrons. The Morgan fingerprint density at radius 2 is 1.97 bits per heavy atom. The Morgan fingerprint density at radius 1 is 1.16 bits per heavy atom. The number of nitrogens with zero attached hydrogens (tertiary/aromatic N) is 3. The van der Waals surface area contributed by atoms with Gasteiger partial charge in [0.05, 0.1) is 23.6 Å². The summed E-state index contributed by atoms with van der Waals surface area (Å²) < 4.78 is 6.09. The van der Waals surface area contributed by atoms with Crippen LogP contribution in [0.4, 0.5) is 0 Å². The van der Waals surface area contributed by atoms with Crippen molar-refractivity contribution in [2.75, 3.05) is 46.4 Å². The SMILES string of the molecule is CN=C(NCCCNC(=O)c1cccs1)N1CC2OCCN(Cc3ccccc3)C2C1.I. The Bertz CT molecular complexity index is 865. The molecule has 32 heavy (non-hydrogen) atoms. The molecule has 2 N–H and O–H groups in total. The maximum atomic E-state index is 12.0. The van der Waals surface area contributed by atoms with Crippen molar-refractivity contribution >= 4 is 47.2 Å². The molecule has 0 spiro atoms. The maximum absolute atomic E-state index is 12.0. The fourth-order valence-electron chi connectivity index (χ4n) is 4.26. The standard InChI is InChI=1S/C23H31N5O2S.HI/c1-24-23(26-11-6-10-25-22(29)21-9-5-14-31-21)28-16-19-20(17-28)30-13-12-27(19)15-18-7-3-2-4-8-18;/h2-5,7-9,14,19-20H,6,10-13,15-17H2,1H3,(H,24,26)(H,25,29);1H. The van der Waals surface area contributed by atoms with Crippen molar-refractivity contribution in [3.05, 3.63) is 58.3 Å². The molecule has 1 amide bonds. The third-order valence-corrected chi connectivity index (χ3v) is 6.69. The highest BCUT2D eigenvalue weighted by Gasteiger charge is 2.41. The van der Waals surface area contributed by atoms with Crippen molar-refractivity contribution in [2.45, 2.75) is 25.1 Å². The summed E-state index contributed by atoms with van der Waals surface area (Å²) in [5.74, 6) is 0.904. The van der Waals surface area contributed by atoms with Crippen LogP contribution in [0, 0.1) is 0 Å². The van der Waals surface area contributed by atoms with Crippen LogP contribution < -0.4 is 10.6 Å². The average Bonchev–Trinajstić information content (AvgIpc) is 3.47.